The number of fused-ring (bicyclic) bond motifs is 1. The van der Waals surface area contributed by atoms with E-state index < -0.39 is 0 Å². The molecule has 0 aliphatic rings. The largest absolute Gasteiger partial charge is 0.755 e. The van der Waals surface area contributed by atoms with Crippen LogP contribution in [0.5, 0.6) is 0 Å². The second-order valence-electron chi connectivity index (χ2n) is 2.33. The molecule has 0 aliphatic heterocycles. The Kier molecular flexibility index (Phi) is 1.30. The topological polar surface area (TPSA) is 63.8 Å². The van der Waals surface area contributed by atoms with E-state index >= 15 is 0 Å². The van der Waals surface area contributed by atoms with Crippen LogP contribution >= 0.6 is 0 Å². The summed E-state index contributed by atoms with van der Waals surface area (Å²) < 4.78 is 0.212. The van der Waals surface area contributed by atoms with Crippen molar-refractivity contribution in [3.05, 3.63) is 40.8 Å². The van der Waals surface area contributed by atoms with E-state index in [0.717, 1.165) is 6.20 Å². The van der Waals surface area contributed by atoms with Crippen LogP contribution in [0.15, 0.2) is 30.7 Å². The summed E-state index contributed by atoms with van der Waals surface area (Å²) in [6, 6.07) is 3.24. The van der Waals surface area contributed by atoms with Gasteiger partial charge in [0.25, 0.3) is 6.20 Å². The maximum atomic E-state index is 11.1. The highest BCUT2D eigenvalue weighted by Gasteiger charge is 2.00. The van der Waals surface area contributed by atoms with E-state index in [0.29, 0.717) is 5.39 Å². The fourth-order valence-corrected chi connectivity index (χ4v) is 1.01. The SMILES string of the molecule is O=[n+]1ccc2ccncc2n1[O-]. The molecule has 0 bridgehead atoms. The highest BCUT2D eigenvalue weighted by atomic mass is 16.5. The van der Waals surface area contributed by atoms with Crippen molar-refractivity contribution in [3.8, 4) is 0 Å². The van der Waals surface area contributed by atoms with Gasteiger partial charge in [0.1, 0.15) is 5.52 Å². The number of hydrogen-bond donors (Lipinski definition) is 0. The summed E-state index contributed by atoms with van der Waals surface area (Å²) in [5, 5.41) is 11.8. The van der Waals surface area contributed by atoms with Gasteiger partial charge in [-0.05, 0) is 6.07 Å². The minimum Gasteiger partial charge on any atom is -0.755 e. The lowest BCUT2D eigenvalue weighted by Gasteiger charge is -2.01. The summed E-state index contributed by atoms with van der Waals surface area (Å²) in [6.07, 6.45) is 4.09. The number of pyridine rings is 1. The van der Waals surface area contributed by atoms with Crippen LogP contribution in [-0.4, -0.2) is 9.83 Å². The summed E-state index contributed by atoms with van der Waals surface area (Å²) in [5.41, 5.74) is 0.273. The molecule has 0 N–H and O–H groups in total. The van der Waals surface area contributed by atoms with E-state index in [1.54, 1.807) is 18.3 Å². The summed E-state index contributed by atoms with van der Waals surface area (Å²) in [4.78, 5) is 14.8. The molecule has 5 heteroatoms. The van der Waals surface area contributed by atoms with E-state index in [9.17, 15) is 10.1 Å². The van der Waals surface area contributed by atoms with Gasteiger partial charge in [0, 0.05) is 17.6 Å². The third-order valence-corrected chi connectivity index (χ3v) is 1.60. The molecule has 0 aromatic carbocycles. The Morgan fingerprint density at radius 2 is 2.33 bits per heavy atom. The predicted octanol–water partition coefficient (Wildman–Crippen LogP) is 0.297. The first-order valence-corrected chi connectivity index (χ1v) is 3.35. The van der Waals surface area contributed by atoms with Crippen LogP contribution < -0.4 is 4.54 Å². The molecule has 2 heterocycles. The quantitative estimate of drug-likeness (QED) is 0.524. The van der Waals surface area contributed by atoms with Crippen LogP contribution in [0, 0.1) is 10.1 Å². The smallest absolute Gasteiger partial charge is 0.258 e. The second kappa shape index (κ2) is 2.30. The molecule has 2 aromatic heterocycles. The normalized spacial score (nSPS) is 10.3. The van der Waals surface area contributed by atoms with E-state index in [4.69, 9.17) is 0 Å². The zero-order valence-corrected chi connectivity index (χ0v) is 6.04. The van der Waals surface area contributed by atoms with E-state index in [1.165, 1.54) is 6.20 Å². The number of rotatable bonds is 0. The average Bonchev–Trinajstić information content (AvgIpc) is 2.12. The zero-order chi connectivity index (χ0) is 8.55. The molecule has 0 radical (unpaired) electrons. The fraction of sp³-hybridized carbons (Fsp3) is 0. The minimum atomic E-state index is 0.212. The zero-order valence-electron chi connectivity index (χ0n) is 6.04. The lowest BCUT2D eigenvalue weighted by Crippen LogP contribution is -2.26. The van der Waals surface area contributed by atoms with Gasteiger partial charge < -0.3 is 5.21 Å². The molecule has 0 fully saturated rings. The van der Waals surface area contributed by atoms with Gasteiger partial charge in [-0.2, -0.15) is 0 Å². The molecule has 0 amide bonds. The molecule has 0 saturated carbocycles. The summed E-state index contributed by atoms with van der Waals surface area (Å²) in [5.74, 6) is 0. The fourth-order valence-electron chi connectivity index (χ4n) is 1.01. The van der Waals surface area contributed by atoms with Crippen molar-refractivity contribution in [1.82, 2.24) is 9.83 Å². The summed E-state index contributed by atoms with van der Waals surface area (Å²) in [6.45, 7) is 0. The van der Waals surface area contributed by atoms with Gasteiger partial charge in [0.05, 0.1) is 11.1 Å². The van der Waals surface area contributed by atoms with Gasteiger partial charge in [0.15, 0.2) is 4.54 Å². The van der Waals surface area contributed by atoms with Gasteiger partial charge in [0.2, 0.25) is 0 Å². The highest BCUT2D eigenvalue weighted by molar-refractivity contribution is 5.76. The Morgan fingerprint density at radius 1 is 1.50 bits per heavy atom. The van der Waals surface area contributed by atoms with Gasteiger partial charge >= 0.3 is 0 Å². The van der Waals surface area contributed by atoms with Gasteiger partial charge in [-0.1, -0.05) is 0 Å². The van der Waals surface area contributed by atoms with Crippen molar-refractivity contribution in [2.45, 2.75) is 0 Å². The first kappa shape index (κ1) is 6.78. The maximum Gasteiger partial charge on any atom is 0.258 e. The Bertz CT molecular complexity index is 477. The Labute approximate surface area is 67.1 Å². The molecule has 5 nitrogen and oxygen atoms in total. The molecule has 0 aliphatic carbocycles. The van der Waals surface area contributed by atoms with Crippen LogP contribution in [0.1, 0.15) is 0 Å². The Hall–Kier alpha value is -1.91. The van der Waals surface area contributed by atoms with Crippen molar-refractivity contribution >= 4 is 10.9 Å². The van der Waals surface area contributed by atoms with Crippen LogP contribution in [0.3, 0.4) is 0 Å². The minimum absolute atomic E-state index is 0.212. The van der Waals surface area contributed by atoms with Crippen molar-refractivity contribution in [2.75, 3.05) is 0 Å². The average molecular weight is 163 g/mol. The molecule has 0 spiro atoms. The number of hydrogen-bond acceptors (Lipinski definition) is 3. The second-order valence-corrected chi connectivity index (χ2v) is 2.33. The van der Waals surface area contributed by atoms with E-state index in [-0.39, 0.29) is 14.9 Å². The number of aromatic nitrogens is 3. The Morgan fingerprint density at radius 3 is 3.17 bits per heavy atom. The van der Waals surface area contributed by atoms with E-state index in [2.05, 4.69) is 4.98 Å². The monoisotopic (exact) mass is 163 g/mol. The molecule has 12 heavy (non-hydrogen) atoms. The van der Waals surface area contributed by atoms with Crippen molar-refractivity contribution in [2.24, 2.45) is 0 Å². The van der Waals surface area contributed by atoms with Crippen LogP contribution in [-0.2, 0) is 0 Å². The van der Waals surface area contributed by atoms with Gasteiger partial charge in [-0.25, -0.2) is 0 Å². The van der Waals surface area contributed by atoms with Crippen molar-refractivity contribution in [1.29, 1.82) is 0 Å². The van der Waals surface area contributed by atoms with Crippen molar-refractivity contribution in [3.63, 3.8) is 0 Å². The molecule has 2 rings (SSSR count). The molecule has 0 atom stereocenters. The van der Waals surface area contributed by atoms with Gasteiger partial charge in [-0.3, -0.25) is 4.98 Å². The third-order valence-electron chi connectivity index (χ3n) is 1.60. The third kappa shape index (κ3) is 0.833. The summed E-state index contributed by atoms with van der Waals surface area (Å²) in [7, 11) is 0. The standard InChI is InChI=1S/C7H5N3O2/c11-9-4-2-6-1-3-8-5-7(6)10(9)12/h1-5H. The molecule has 60 valence electrons. The molecular weight excluding hydrogens is 158 g/mol. The molecule has 2 aromatic rings. The van der Waals surface area contributed by atoms with E-state index in [1.807, 2.05) is 0 Å². The lowest BCUT2D eigenvalue weighted by molar-refractivity contribution is -0.583. The van der Waals surface area contributed by atoms with Crippen molar-refractivity contribution < 1.29 is 4.54 Å². The molecule has 0 unspecified atom stereocenters. The van der Waals surface area contributed by atoms with Gasteiger partial charge in [-0.15, -0.1) is 4.85 Å². The molecule has 0 saturated heterocycles. The first-order valence-electron chi connectivity index (χ1n) is 3.35. The molecular formula is C7H5N3O2. The summed E-state index contributed by atoms with van der Waals surface area (Å²) >= 11 is 0. The first-order chi connectivity index (χ1) is 5.79. The maximum absolute atomic E-state index is 11.1. The predicted molar refractivity (Wildman–Crippen MR) is 41.9 cm³/mol. The van der Waals surface area contributed by atoms with Crippen LogP contribution in [0.4, 0.5) is 0 Å². The van der Waals surface area contributed by atoms with Crippen LogP contribution in [0.25, 0.3) is 10.9 Å². The Balaban J connectivity index is 3.01. The van der Waals surface area contributed by atoms with Crippen LogP contribution in [0.2, 0.25) is 0 Å². The number of nitrogens with zero attached hydrogens (tertiary/aromatic N) is 3. The highest BCUT2D eigenvalue weighted by Crippen LogP contribution is 2.06. The lowest BCUT2D eigenvalue weighted by atomic mass is 10.3.